The van der Waals surface area contributed by atoms with E-state index in [2.05, 4.69) is 56.3 Å². The van der Waals surface area contributed by atoms with E-state index < -0.39 is 0 Å². The van der Waals surface area contributed by atoms with Crippen LogP contribution in [-0.2, 0) is 18.9 Å². The van der Waals surface area contributed by atoms with Crippen molar-refractivity contribution in [2.45, 2.75) is 13.8 Å². The molecule has 0 radical (unpaired) electrons. The Labute approximate surface area is 500 Å². The van der Waals surface area contributed by atoms with Gasteiger partial charge in [0.25, 0.3) is 0 Å². The van der Waals surface area contributed by atoms with E-state index in [1.54, 1.807) is 0 Å². The van der Waals surface area contributed by atoms with E-state index in [0.717, 1.165) is 104 Å². The maximum atomic E-state index is 6.52. The van der Waals surface area contributed by atoms with Crippen molar-refractivity contribution in [1.82, 2.24) is 0 Å². The van der Waals surface area contributed by atoms with Crippen LogP contribution in [0, 0.1) is 25.7 Å². The van der Waals surface area contributed by atoms with Crippen LogP contribution in [0.15, 0.2) is 206 Å². The number of fused-ring (bicyclic) bond motifs is 2. The Morgan fingerprint density at radius 2 is 0.640 bits per heavy atom. The maximum Gasteiger partial charge on any atom is 0.230 e. The van der Waals surface area contributed by atoms with Crippen LogP contribution in [0.3, 0.4) is 0 Å². The Morgan fingerprint density at radius 1 is 0.302 bits per heavy atom. The fraction of sp³-hybridized carbons (Fsp3) is 0.222. The second-order valence-electron chi connectivity index (χ2n) is 21.1. The van der Waals surface area contributed by atoms with Crippen LogP contribution in [0.25, 0.3) is 54.9 Å². The summed E-state index contributed by atoms with van der Waals surface area (Å²) in [6.07, 6.45) is 0. The van der Waals surface area contributed by atoms with Crippen molar-refractivity contribution in [2.24, 2.45) is 11.8 Å². The van der Waals surface area contributed by atoms with Gasteiger partial charge in [-0.3, -0.25) is 0 Å². The Bertz CT molecular complexity index is 3790. The Kier molecular flexibility index (Phi) is 18.5. The number of benzene rings is 10. The summed E-state index contributed by atoms with van der Waals surface area (Å²) in [7, 11) is 0. The molecule has 0 aromatic heterocycles. The van der Waals surface area contributed by atoms with Gasteiger partial charge in [-0.25, -0.2) is 0 Å². The summed E-state index contributed by atoms with van der Waals surface area (Å²) in [6, 6.07) is 67.3. The smallest absolute Gasteiger partial charge is 0.230 e. The molecule has 2 saturated heterocycles. The monoisotopic (exact) mass is 1150 g/mol. The molecule has 0 amide bonds. The lowest BCUT2D eigenvalue weighted by Gasteiger charge is -2.25. The maximum absolute atomic E-state index is 6.52. The zero-order chi connectivity index (χ0) is 58.3. The van der Waals surface area contributed by atoms with Gasteiger partial charge in [-0.05, 0) is 178 Å². The van der Waals surface area contributed by atoms with Crippen molar-refractivity contribution in [3.8, 4) is 90.9 Å². The lowest BCUT2D eigenvalue weighted by molar-refractivity contribution is -0.0926. The highest BCUT2D eigenvalue weighted by molar-refractivity contribution is 6.08. The van der Waals surface area contributed by atoms with Crippen LogP contribution >= 0.6 is 0 Å². The van der Waals surface area contributed by atoms with Crippen LogP contribution in [0.4, 0.5) is 0 Å². The molecule has 2 aliphatic heterocycles. The Hall–Kier alpha value is -9.44. The molecule has 0 N–H and O–H groups in total. The molecule has 438 valence electrons. The molecule has 86 heavy (non-hydrogen) atoms. The molecule has 10 aromatic rings. The van der Waals surface area contributed by atoms with Crippen molar-refractivity contribution >= 4 is 21.5 Å². The molecule has 0 spiro atoms. The normalized spacial score (nSPS) is 13.1. The molecule has 2 aliphatic rings. The highest BCUT2D eigenvalue weighted by atomic mass is 16.7. The molecule has 14 nitrogen and oxygen atoms in total. The van der Waals surface area contributed by atoms with Crippen LogP contribution in [0.2, 0.25) is 0 Å². The van der Waals surface area contributed by atoms with E-state index >= 15 is 0 Å². The van der Waals surface area contributed by atoms with Crippen molar-refractivity contribution in [3.63, 3.8) is 0 Å². The molecule has 0 unspecified atom stereocenters. The quantitative estimate of drug-likeness (QED) is 0.0326. The third-order valence-corrected chi connectivity index (χ3v) is 14.8. The summed E-state index contributed by atoms with van der Waals surface area (Å²) in [6.45, 7) is 8.95. The van der Waals surface area contributed by atoms with E-state index in [-0.39, 0.29) is 40.8 Å². The predicted octanol–water partition coefficient (Wildman–Crippen LogP) is 15.3. The number of hydrogen-bond acceptors (Lipinski definition) is 14. The first-order valence-corrected chi connectivity index (χ1v) is 28.7. The standard InChI is InChI=1S/C72H66O14/c1-49-4-31-69-57(33-49)13-32-71(86-48-84-66-28-26-64(27-29-66)82-46-80-62-20-11-56(12-21-62)54-7-16-60(17-8-54)78-44-76-42-52-39-74-40-52)72(69)70-36-67(35-58-34-50(2)3-30-68(58)70)85-47-83-65-24-22-63(23-25-65)81-45-79-61-18-9-55(10-19-61)53-5-14-59(15-6-53)77-43-75-41-51-37-73-38-51/h3-36,51-52H,37-48H2,1-2H3. The van der Waals surface area contributed by atoms with Crippen molar-refractivity contribution < 1.29 is 66.3 Å². The molecule has 14 heteroatoms. The zero-order valence-electron chi connectivity index (χ0n) is 48.0. The first-order valence-electron chi connectivity index (χ1n) is 28.7. The van der Waals surface area contributed by atoms with Crippen molar-refractivity contribution in [3.05, 3.63) is 217 Å². The predicted molar refractivity (Wildman–Crippen MR) is 329 cm³/mol. The van der Waals surface area contributed by atoms with Crippen LogP contribution in [0.1, 0.15) is 11.1 Å². The average Bonchev–Trinajstić information content (AvgIpc) is 2.13. The van der Waals surface area contributed by atoms with Gasteiger partial charge in [0.05, 0.1) is 39.6 Å². The lowest BCUT2D eigenvalue weighted by Crippen LogP contribution is -2.32. The molecule has 0 saturated carbocycles. The minimum atomic E-state index is -0.0402. The number of rotatable bonds is 29. The van der Waals surface area contributed by atoms with Gasteiger partial charge in [0.1, 0.15) is 57.5 Å². The average molecular weight is 1160 g/mol. The van der Waals surface area contributed by atoms with Gasteiger partial charge < -0.3 is 66.3 Å². The molecule has 12 rings (SSSR count). The second-order valence-corrected chi connectivity index (χ2v) is 21.1. The van der Waals surface area contributed by atoms with Crippen molar-refractivity contribution in [1.29, 1.82) is 0 Å². The van der Waals surface area contributed by atoms with E-state index in [4.69, 9.17) is 66.3 Å². The van der Waals surface area contributed by atoms with Gasteiger partial charge >= 0.3 is 0 Å². The summed E-state index contributed by atoms with van der Waals surface area (Å²) in [4.78, 5) is 0. The summed E-state index contributed by atoms with van der Waals surface area (Å²) in [5.74, 6) is 7.64. The van der Waals surface area contributed by atoms with Crippen LogP contribution < -0.4 is 47.4 Å². The van der Waals surface area contributed by atoms with Gasteiger partial charge in [-0.1, -0.05) is 102 Å². The molecule has 2 fully saturated rings. The van der Waals surface area contributed by atoms with Gasteiger partial charge in [0.15, 0.2) is 13.6 Å². The molecular weight excluding hydrogens is 1090 g/mol. The molecule has 0 aliphatic carbocycles. The summed E-state index contributed by atoms with van der Waals surface area (Å²) in [5.41, 5.74) is 8.39. The zero-order valence-corrected chi connectivity index (χ0v) is 48.0. The fourth-order valence-electron chi connectivity index (χ4n) is 9.89. The molecular formula is C72H66O14. The third-order valence-electron chi connectivity index (χ3n) is 14.8. The molecule has 10 aromatic carbocycles. The fourth-order valence-corrected chi connectivity index (χ4v) is 9.89. The van der Waals surface area contributed by atoms with Gasteiger partial charge in [0, 0.05) is 17.4 Å². The Balaban J connectivity index is 0.618. The van der Waals surface area contributed by atoms with Crippen LogP contribution in [0.5, 0.6) is 57.5 Å². The van der Waals surface area contributed by atoms with E-state index in [0.29, 0.717) is 71.0 Å². The second kappa shape index (κ2) is 28.0. The number of hydrogen-bond donors (Lipinski definition) is 0. The lowest BCUT2D eigenvalue weighted by atomic mass is 9.91. The SMILES string of the molecule is Cc1ccc2c(-c3c(OCOc4ccc(OCOc5ccc(-c6ccc(OCOCC7COC7)cc6)cc5)cc4)ccc4cc(C)ccc34)cc(OCOc3ccc(OCOc4ccc(-c5ccc(OCOCC6COC6)cc5)cc4)cc3)cc2c1. The van der Waals surface area contributed by atoms with Crippen LogP contribution in [-0.4, -0.2) is 80.4 Å². The minimum absolute atomic E-state index is 0.0290. The molecule has 0 bridgehead atoms. The van der Waals surface area contributed by atoms with E-state index in [9.17, 15) is 0 Å². The third kappa shape index (κ3) is 15.1. The van der Waals surface area contributed by atoms with Gasteiger partial charge in [-0.2, -0.15) is 0 Å². The number of ether oxygens (including phenoxy) is 14. The van der Waals surface area contributed by atoms with Gasteiger partial charge in [0.2, 0.25) is 27.2 Å². The summed E-state index contributed by atoms with van der Waals surface area (Å²) < 4.78 is 81.8. The summed E-state index contributed by atoms with van der Waals surface area (Å²) >= 11 is 0. The Morgan fingerprint density at radius 3 is 1.02 bits per heavy atom. The minimum Gasteiger partial charge on any atom is -0.468 e. The topological polar surface area (TPSA) is 129 Å². The highest BCUT2D eigenvalue weighted by Crippen LogP contribution is 2.43. The molecule has 2 heterocycles. The first-order chi connectivity index (χ1) is 42.4. The van der Waals surface area contributed by atoms with E-state index in [1.165, 1.54) is 0 Å². The molecule has 0 atom stereocenters. The summed E-state index contributed by atoms with van der Waals surface area (Å²) in [5, 5.41) is 4.18. The van der Waals surface area contributed by atoms with E-state index in [1.807, 2.05) is 164 Å². The van der Waals surface area contributed by atoms with Crippen molar-refractivity contribution in [2.75, 3.05) is 80.4 Å². The highest BCUT2D eigenvalue weighted by Gasteiger charge is 2.20. The number of aryl methyl sites for hydroxylation is 2. The first kappa shape index (κ1) is 57.0. The largest absolute Gasteiger partial charge is 0.468 e. The van der Waals surface area contributed by atoms with Gasteiger partial charge in [-0.15, -0.1) is 0 Å².